The van der Waals surface area contributed by atoms with Gasteiger partial charge in [0.05, 0.1) is 14.3 Å². The molecule has 0 aliphatic carbocycles. The summed E-state index contributed by atoms with van der Waals surface area (Å²) in [6, 6.07) is 6.34. The summed E-state index contributed by atoms with van der Waals surface area (Å²) >= 11 is 8.42. The summed E-state index contributed by atoms with van der Waals surface area (Å²) in [7, 11) is 0. The molecule has 0 saturated carbocycles. The first kappa shape index (κ1) is 24.1. The summed E-state index contributed by atoms with van der Waals surface area (Å²) in [5, 5.41) is 18.8. The largest absolute Gasteiger partial charge is 0.506 e. The number of aliphatic carboxylic acids is 1. The Hall–Kier alpha value is 0.0600. The molecular formula is C16H13I4NO5. The van der Waals surface area contributed by atoms with Crippen LogP contribution in [0.1, 0.15) is 5.56 Å². The van der Waals surface area contributed by atoms with Gasteiger partial charge in [-0.15, -0.1) is 0 Å². The molecule has 6 nitrogen and oxygen atoms in total. The van der Waals surface area contributed by atoms with E-state index in [1.165, 1.54) is 0 Å². The summed E-state index contributed by atoms with van der Waals surface area (Å²) < 4.78 is 9.14. The average molecular weight is 807 g/mol. The minimum Gasteiger partial charge on any atom is -0.506 e. The lowest BCUT2D eigenvalue weighted by atomic mass is 10.1. The minimum atomic E-state index is -1.02. The number of phenolic OH excluding ortho intramolecular Hbond substituents is 1. The molecule has 0 saturated heterocycles. The summed E-state index contributed by atoms with van der Waals surface area (Å²) in [5.41, 5.74) is 6.44. The molecule has 0 heterocycles. The average Bonchev–Trinajstić information content (AvgIpc) is 2.57. The molecule has 0 aliphatic rings. The van der Waals surface area contributed by atoms with Gasteiger partial charge in [-0.3, -0.25) is 4.79 Å². The quantitative estimate of drug-likeness (QED) is 0.388. The molecule has 0 aromatic heterocycles. The van der Waals surface area contributed by atoms with E-state index < -0.39 is 12.0 Å². The topological polar surface area (TPSA) is 110 Å². The summed E-state index contributed by atoms with van der Waals surface area (Å²) in [5.74, 6) is 0.549. The fourth-order valence-electron chi connectivity index (χ4n) is 1.89. The van der Waals surface area contributed by atoms with Crippen LogP contribution in [0.3, 0.4) is 0 Å². The standard InChI is InChI=1S/C15H11I4NO4.CH2O/c16-8-4-7(5-9(17)13(8)21)24-14-10(18)1-6(2-11(14)19)3-12(20)15(22)23;1-2/h1-2,4-5,12,21H,3,20H2,(H,22,23);1H2/t12-;/m0./s1. The number of benzene rings is 2. The number of phenols is 1. The lowest BCUT2D eigenvalue weighted by Crippen LogP contribution is -2.32. The van der Waals surface area contributed by atoms with Crippen molar-refractivity contribution in [2.75, 3.05) is 0 Å². The second kappa shape index (κ2) is 11.2. The van der Waals surface area contributed by atoms with Gasteiger partial charge in [-0.2, -0.15) is 0 Å². The van der Waals surface area contributed by atoms with Gasteiger partial charge < -0.3 is 25.5 Å². The molecule has 2 aromatic carbocycles. The zero-order valence-electron chi connectivity index (χ0n) is 13.0. The number of hydrogen-bond acceptors (Lipinski definition) is 5. The predicted molar refractivity (Wildman–Crippen MR) is 132 cm³/mol. The van der Waals surface area contributed by atoms with E-state index in [0.717, 1.165) is 12.7 Å². The van der Waals surface area contributed by atoms with E-state index >= 15 is 0 Å². The Morgan fingerprint density at radius 2 is 1.50 bits per heavy atom. The van der Waals surface area contributed by atoms with Crippen LogP contribution < -0.4 is 10.5 Å². The van der Waals surface area contributed by atoms with E-state index in [1.807, 2.05) is 18.9 Å². The number of carboxylic acid groups (broad SMARTS) is 1. The first-order valence-electron chi connectivity index (χ1n) is 6.80. The number of carbonyl (C=O) groups is 2. The molecule has 0 spiro atoms. The number of carbonyl (C=O) groups excluding carboxylic acids is 1. The van der Waals surface area contributed by atoms with Crippen LogP contribution in [0.25, 0.3) is 0 Å². The molecule has 4 N–H and O–H groups in total. The lowest BCUT2D eigenvalue weighted by Gasteiger charge is -2.14. The third kappa shape index (κ3) is 6.59. The van der Waals surface area contributed by atoms with Crippen LogP contribution in [0.5, 0.6) is 17.2 Å². The van der Waals surface area contributed by atoms with E-state index in [4.69, 9.17) is 20.4 Å². The Kier molecular flexibility index (Phi) is 10.3. The van der Waals surface area contributed by atoms with Crippen LogP contribution in [0.4, 0.5) is 0 Å². The maximum atomic E-state index is 10.9. The Labute approximate surface area is 204 Å². The smallest absolute Gasteiger partial charge is 0.320 e. The molecule has 0 bridgehead atoms. The molecule has 1 atom stereocenters. The lowest BCUT2D eigenvalue weighted by molar-refractivity contribution is -0.138. The van der Waals surface area contributed by atoms with E-state index in [2.05, 4.69) is 90.4 Å². The Morgan fingerprint density at radius 3 is 1.92 bits per heavy atom. The molecular weight excluding hydrogens is 794 g/mol. The van der Waals surface area contributed by atoms with Crippen molar-refractivity contribution in [2.24, 2.45) is 5.73 Å². The van der Waals surface area contributed by atoms with Crippen molar-refractivity contribution >= 4 is 103 Å². The van der Waals surface area contributed by atoms with Crippen molar-refractivity contribution < 1.29 is 24.5 Å². The highest BCUT2D eigenvalue weighted by Gasteiger charge is 2.16. The van der Waals surface area contributed by atoms with Gasteiger partial charge in [0.25, 0.3) is 0 Å². The maximum Gasteiger partial charge on any atom is 0.320 e. The van der Waals surface area contributed by atoms with Crippen LogP contribution >= 0.6 is 90.4 Å². The van der Waals surface area contributed by atoms with Crippen molar-refractivity contribution in [1.29, 1.82) is 0 Å². The summed E-state index contributed by atoms with van der Waals surface area (Å²) in [6.07, 6.45) is 0.261. The molecule has 140 valence electrons. The van der Waals surface area contributed by atoms with Crippen LogP contribution in [-0.2, 0) is 16.0 Å². The van der Waals surface area contributed by atoms with Crippen molar-refractivity contribution in [3.8, 4) is 17.2 Å². The highest BCUT2D eigenvalue weighted by molar-refractivity contribution is 14.1. The van der Waals surface area contributed by atoms with Gasteiger partial charge >= 0.3 is 5.97 Å². The molecule has 0 radical (unpaired) electrons. The van der Waals surface area contributed by atoms with Crippen LogP contribution in [-0.4, -0.2) is 29.0 Å². The second-order valence-corrected chi connectivity index (χ2v) is 9.52. The number of rotatable bonds is 5. The van der Waals surface area contributed by atoms with Gasteiger partial charge in [-0.25, -0.2) is 0 Å². The van der Waals surface area contributed by atoms with Crippen molar-refractivity contribution in [3.05, 3.63) is 44.1 Å². The number of carboxylic acids is 1. The zero-order valence-corrected chi connectivity index (χ0v) is 21.6. The molecule has 2 rings (SSSR count). The van der Waals surface area contributed by atoms with E-state index in [-0.39, 0.29) is 12.2 Å². The van der Waals surface area contributed by atoms with Crippen LogP contribution in [0.15, 0.2) is 24.3 Å². The number of aromatic hydroxyl groups is 1. The third-order valence-corrected chi connectivity index (χ3v) is 6.29. The molecule has 0 aliphatic heterocycles. The first-order valence-corrected chi connectivity index (χ1v) is 11.1. The molecule has 2 aromatic rings. The Morgan fingerprint density at radius 1 is 1.04 bits per heavy atom. The minimum absolute atomic E-state index is 0.242. The number of nitrogens with two attached hydrogens (primary N) is 1. The Bertz CT molecular complexity index is 769. The number of ether oxygens (including phenoxy) is 1. The molecule has 0 fully saturated rings. The molecule has 26 heavy (non-hydrogen) atoms. The predicted octanol–water partition coefficient (Wildman–Crippen LogP) is 4.37. The van der Waals surface area contributed by atoms with Crippen LogP contribution in [0, 0.1) is 14.3 Å². The third-order valence-electron chi connectivity index (χ3n) is 3.04. The molecule has 0 amide bonds. The Balaban J connectivity index is 0.00000163. The number of halogens is 4. The zero-order chi connectivity index (χ0) is 20.0. The first-order chi connectivity index (χ1) is 12.2. The van der Waals surface area contributed by atoms with E-state index in [0.29, 0.717) is 18.6 Å². The van der Waals surface area contributed by atoms with E-state index in [9.17, 15) is 9.90 Å². The maximum absolute atomic E-state index is 10.9. The van der Waals surface area contributed by atoms with Gasteiger partial charge in [0, 0.05) is 0 Å². The SMILES string of the molecule is C=O.N[C@@H](Cc1cc(I)c(Oc2cc(I)c(O)c(I)c2)c(I)c1)C(=O)O. The van der Waals surface area contributed by atoms with Crippen molar-refractivity contribution in [1.82, 2.24) is 0 Å². The molecule has 0 unspecified atom stereocenters. The number of hydrogen-bond donors (Lipinski definition) is 3. The van der Waals surface area contributed by atoms with Gasteiger partial charge in [0.15, 0.2) is 5.75 Å². The van der Waals surface area contributed by atoms with Gasteiger partial charge in [0.1, 0.15) is 24.3 Å². The second-order valence-electron chi connectivity index (χ2n) is 4.88. The van der Waals surface area contributed by atoms with Gasteiger partial charge in [-0.1, -0.05) is 0 Å². The van der Waals surface area contributed by atoms with Crippen LogP contribution in [0.2, 0.25) is 0 Å². The molecule has 10 heteroatoms. The fourth-order valence-corrected chi connectivity index (χ4v) is 5.72. The highest BCUT2D eigenvalue weighted by Crippen LogP contribution is 2.36. The monoisotopic (exact) mass is 807 g/mol. The summed E-state index contributed by atoms with van der Waals surface area (Å²) in [4.78, 5) is 18.9. The van der Waals surface area contributed by atoms with E-state index in [1.54, 1.807) is 12.1 Å². The highest BCUT2D eigenvalue weighted by atomic mass is 127. The van der Waals surface area contributed by atoms with Gasteiger partial charge in [-0.05, 0) is 127 Å². The normalized spacial score (nSPS) is 11.3. The summed E-state index contributed by atoms with van der Waals surface area (Å²) in [6.45, 7) is 2.00. The van der Waals surface area contributed by atoms with Gasteiger partial charge in [0.2, 0.25) is 0 Å². The van der Waals surface area contributed by atoms with Crippen molar-refractivity contribution in [2.45, 2.75) is 12.5 Å². The van der Waals surface area contributed by atoms with Crippen molar-refractivity contribution in [3.63, 3.8) is 0 Å². The fraction of sp³-hybridized carbons (Fsp3) is 0.125.